The van der Waals surface area contributed by atoms with Crippen LogP contribution in [0.3, 0.4) is 0 Å². The Balaban J connectivity index is 1.57. The van der Waals surface area contributed by atoms with E-state index in [0.717, 1.165) is 18.5 Å². The molecule has 3 aliphatic rings. The molecule has 0 bridgehead atoms. The van der Waals surface area contributed by atoms with Crippen LogP contribution in [0.25, 0.3) is 0 Å². The predicted molar refractivity (Wildman–Crippen MR) is 75.6 cm³/mol. The van der Waals surface area contributed by atoms with Crippen LogP contribution in [0.1, 0.15) is 51.9 Å². The highest BCUT2D eigenvalue weighted by Gasteiger charge is 2.36. The van der Waals surface area contributed by atoms with Crippen molar-refractivity contribution in [3.63, 3.8) is 0 Å². The summed E-state index contributed by atoms with van der Waals surface area (Å²) >= 11 is 1.96. The monoisotopic (exact) mass is 252 g/mol. The molecule has 0 spiro atoms. The van der Waals surface area contributed by atoms with Crippen LogP contribution in [0.4, 0.5) is 0 Å². The van der Waals surface area contributed by atoms with Crippen molar-refractivity contribution in [3.05, 3.63) is 0 Å². The van der Waals surface area contributed by atoms with E-state index in [-0.39, 0.29) is 0 Å². The summed E-state index contributed by atoms with van der Waals surface area (Å²) in [5.74, 6) is 2.22. The van der Waals surface area contributed by atoms with Crippen molar-refractivity contribution in [2.45, 2.75) is 57.9 Å². The molecule has 96 valence electrons. The Labute approximate surface area is 109 Å². The van der Waals surface area contributed by atoms with Crippen molar-refractivity contribution in [3.8, 4) is 0 Å². The summed E-state index contributed by atoms with van der Waals surface area (Å²) in [5.41, 5.74) is 0.571. The molecule has 3 fully saturated rings. The minimum Gasteiger partial charge on any atom is -0.362 e. The minimum atomic E-state index is 0.571. The first-order chi connectivity index (χ1) is 8.31. The van der Waals surface area contributed by atoms with Gasteiger partial charge in [-0.1, -0.05) is 31.5 Å². The molecule has 1 aliphatic heterocycles. The van der Waals surface area contributed by atoms with E-state index in [9.17, 15) is 0 Å². The number of nitrogens with one attached hydrogen (secondary N) is 1. The zero-order valence-corrected chi connectivity index (χ0v) is 11.7. The number of nitrogens with zero attached hydrogens (tertiary/aromatic N) is 1. The first-order valence-electron chi connectivity index (χ1n) is 7.25. The molecule has 3 rings (SSSR count). The second-order valence-corrected chi connectivity index (χ2v) is 7.09. The number of hydrogen-bond acceptors (Lipinski definition) is 2. The third kappa shape index (κ3) is 2.35. The lowest BCUT2D eigenvalue weighted by Gasteiger charge is -2.40. The second-order valence-electron chi connectivity index (χ2n) is 6.08. The number of rotatable bonds is 3. The Kier molecular flexibility index (Phi) is 3.38. The van der Waals surface area contributed by atoms with Crippen LogP contribution < -0.4 is 5.32 Å². The second kappa shape index (κ2) is 4.83. The van der Waals surface area contributed by atoms with E-state index in [1.807, 2.05) is 11.8 Å². The topological polar surface area (TPSA) is 24.4 Å². The lowest BCUT2D eigenvalue weighted by molar-refractivity contribution is 0.139. The van der Waals surface area contributed by atoms with E-state index in [2.05, 4.69) is 12.2 Å². The summed E-state index contributed by atoms with van der Waals surface area (Å²) in [7, 11) is 0. The van der Waals surface area contributed by atoms with Crippen molar-refractivity contribution < 1.29 is 0 Å². The van der Waals surface area contributed by atoms with Crippen LogP contribution in [0.15, 0.2) is 4.99 Å². The highest BCUT2D eigenvalue weighted by Crippen LogP contribution is 2.44. The molecular weight excluding hydrogens is 228 g/mol. The maximum Gasteiger partial charge on any atom is 0.156 e. The van der Waals surface area contributed by atoms with Crippen LogP contribution in [-0.2, 0) is 0 Å². The predicted octanol–water partition coefficient (Wildman–Crippen LogP) is 3.43. The molecule has 2 nitrogen and oxygen atoms in total. The summed E-state index contributed by atoms with van der Waals surface area (Å²) < 4.78 is 0. The SMILES string of the molecule is CCC1(CN=C2NC3CCCC3CS2)CCC1. The molecule has 1 heterocycles. The van der Waals surface area contributed by atoms with Crippen molar-refractivity contribution >= 4 is 16.9 Å². The van der Waals surface area contributed by atoms with Crippen molar-refractivity contribution in [2.24, 2.45) is 16.3 Å². The Morgan fingerprint density at radius 1 is 1.35 bits per heavy atom. The zero-order valence-electron chi connectivity index (χ0n) is 10.9. The summed E-state index contributed by atoms with van der Waals surface area (Å²) in [4.78, 5) is 4.88. The molecule has 3 heteroatoms. The fourth-order valence-corrected chi connectivity index (χ4v) is 4.61. The van der Waals surface area contributed by atoms with E-state index >= 15 is 0 Å². The van der Waals surface area contributed by atoms with Crippen LogP contribution in [0.5, 0.6) is 0 Å². The standard InChI is InChI=1S/C14H24N2S/c1-2-14(7-4-8-14)10-15-13-16-12-6-3-5-11(12)9-17-13/h11-12H,2-10H2,1H3,(H,15,16). The van der Waals surface area contributed by atoms with Crippen molar-refractivity contribution in [1.29, 1.82) is 0 Å². The van der Waals surface area contributed by atoms with Gasteiger partial charge >= 0.3 is 0 Å². The maximum atomic E-state index is 4.88. The zero-order chi connectivity index (χ0) is 11.7. The van der Waals surface area contributed by atoms with Gasteiger partial charge in [-0.3, -0.25) is 4.99 Å². The van der Waals surface area contributed by atoms with Crippen LogP contribution >= 0.6 is 11.8 Å². The van der Waals surface area contributed by atoms with Gasteiger partial charge in [-0.05, 0) is 43.4 Å². The first kappa shape index (κ1) is 11.9. The van der Waals surface area contributed by atoms with Gasteiger partial charge in [0.25, 0.3) is 0 Å². The highest BCUT2D eigenvalue weighted by atomic mass is 32.2. The van der Waals surface area contributed by atoms with Gasteiger partial charge in [0.2, 0.25) is 0 Å². The molecule has 0 aromatic carbocycles. The molecule has 0 aromatic rings. The van der Waals surface area contributed by atoms with E-state index in [1.54, 1.807) is 0 Å². The van der Waals surface area contributed by atoms with Gasteiger partial charge in [0, 0.05) is 18.3 Å². The highest BCUT2D eigenvalue weighted by molar-refractivity contribution is 8.13. The van der Waals surface area contributed by atoms with E-state index in [4.69, 9.17) is 4.99 Å². The third-order valence-corrected chi connectivity index (χ3v) is 6.24. The van der Waals surface area contributed by atoms with Gasteiger partial charge in [-0.15, -0.1) is 0 Å². The molecule has 1 N–H and O–H groups in total. The quantitative estimate of drug-likeness (QED) is 0.832. The Morgan fingerprint density at radius 2 is 2.24 bits per heavy atom. The minimum absolute atomic E-state index is 0.571. The average Bonchev–Trinajstić information content (AvgIpc) is 2.75. The molecule has 1 saturated heterocycles. The fraction of sp³-hybridized carbons (Fsp3) is 0.929. The van der Waals surface area contributed by atoms with Gasteiger partial charge in [-0.2, -0.15) is 0 Å². The summed E-state index contributed by atoms with van der Waals surface area (Å²) in [6.45, 7) is 3.39. The van der Waals surface area contributed by atoms with Gasteiger partial charge < -0.3 is 5.32 Å². The lowest BCUT2D eigenvalue weighted by atomic mass is 9.67. The van der Waals surface area contributed by atoms with Gasteiger partial charge in [-0.25, -0.2) is 0 Å². The smallest absolute Gasteiger partial charge is 0.156 e. The largest absolute Gasteiger partial charge is 0.362 e. The molecule has 2 aliphatic carbocycles. The normalized spacial score (nSPS) is 37.4. The van der Waals surface area contributed by atoms with Crippen LogP contribution in [0, 0.1) is 11.3 Å². The molecule has 2 atom stereocenters. The van der Waals surface area contributed by atoms with E-state index in [0.29, 0.717) is 5.41 Å². The molecular formula is C14H24N2S. The number of fused-ring (bicyclic) bond motifs is 1. The summed E-state index contributed by atoms with van der Waals surface area (Å²) in [5, 5.41) is 4.92. The molecule has 2 saturated carbocycles. The Hall–Kier alpha value is -0.180. The molecule has 0 aromatic heterocycles. The Bertz CT molecular complexity index is 304. The maximum absolute atomic E-state index is 4.88. The van der Waals surface area contributed by atoms with Gasteiger partial charge in [0.1, 0.15) is 0 Å². The van der Waals surface area contributed by atoms with Crippen molar-refractivity contribution in [1.82, 2.24) is 5.32 Å². The third-order valence-electron chi connectivity index (χ3n) is 5.12. The number of thioether (sulfide) groups is 1. The first-order valence-corrected chi connectivity index (χ1v) is 8.24. The summed E-state index contributed by atoms with van der Waals surface area (Å²) in [6, 6.07) is 0.744. The lowest BCUT2D eigenvalue weighted by Crippen LogP contribution is -2.42. The van der Waals surface area contributed by atoms with E-state index in [1.165, 1.54) is 55.9 Å². The fourth-order valence-electron chi connectivity index (χ4n) is 3.44. The molecule has 17 heavy (non-hydrogen) atoms. The molecule has 0 radical (unpaired) electrons. The molecule has 2 unspecified atom stereocenters. The Morgan fingerprint density at radius 3 is 2.94 bits per heavy atom. The van der Waals surface area contributed by atoms with Gasteiger partial charge in [0.15, 0.2) is 5.17 Å². The summed E-state index contributed by atoms with van der Waals surface area (Å²) in [6.07, 6.45) is 9.73. The van der Waals surface area contributed by atoms with Crippen LogP contribution in [0.2, 0.25) is 0 Å². The number of amidine groups is 1. The molecule has 0 amide bonds. The average molecular weight is 252 g/mol. The number of aliphatic imine (C=N–C) groups is 1. The van der Waals surface area contributed by atoms with Gasteiger partial charge in [0.05, 0.1) is 0 Å². The van der Waals surface area contributed by atoms with E-state index < -0.39 is 0 Å². The van der Waals surface area contributed by atoms with Crippen molar-refractivity contribution in [2.75, 3.05) is 12.3 Å². The van der Waals surface area contributed by atoms with Crippen LogP contribution in [-0.4, -0.2) is 23.5 Å². The number of hydrogen-bond donors (Lipinski definition) is 1.